The lowest BCUT2D eigenvalue weighted by Crippen LogP contribution is -2.48. The van der Waals surface area contributed by atoms with Gasteiger partial charge in [0.2, 0.25) is 11.8 Å². The fourth-order valence-corrected chi connectivity index (χ4v) is 6.31. The number of anilines is 1. The van der Waals surface area contributed by atoms with Crippen molar-refractivity contribution in [2.24, 2.45) is 5.92 Å². The van der Waals surface area contributed by atoms with Gasteiger partial charge in [-0.3, -0.25) is 9.59 Å². The number of imide groups is 1. The SMILES string of the molecule is C=CC1=CCC2C(=O)N(c3cccc(Cl)c3)C(=O)C2(c2ccccc2)C1c1cc(Br)c(O)c(OC)c1. The molecular weight excluding hydrogens is 542 g/mol. The fraction of sp³-hybridized carbons (Fsp3) is 0.172. The van der Waals surface area contributed by atoms with Crippen molar-refractivity contribution in [3.63, 3.8) is 0 Å². The molecule has 7 heteroatoms. The molecule has 2 amide bonds. The second-order valence-corrected chi connectivity index (χ2v) is 10.2. The number of allylic oxidation sites excluding steroid dienone is 3. The lowest BCUT2D eigenvalue weighted by molar-refractivity contribution is -0.123. The van der Waals surface area contributed by atoms with Gasteiger partial charge in [-0.25, -0.2) is 4.90 Å². The Hall–Kier alpha value is -3.35. The van der Waals surface area contributed by atoms with Crippen molar-refractivity contribution >= 4 is 45.0 Å². The van der Waals surface area contributed by atoms with Gasteiger partial charge in [0.25, 0.3) is 0 Å². The quantitative estimate of drug-likeness (QED) is 0.357. The van der Waals surface area contributed by atoms with Gasteiger partial charge in [0.1, 0.15) is 0 Å². The van der Waals surface area contributed by atoms with Gasteiger partial charge in [-0.2, -0.15) is 0 Å². The summed E-state index contributed by atoms with van der Waals surface area (Å²) >= 11 is 9.67. The third-order valence-corrected chi connectivity index (χ3v) is 8.00. The van der Waals surface area contributed by atoms with Crippen LogP contribution in [0.3, 0.4) is 0 Å². The molecule has 0 spiro atoms. The molecule has 1 N–H and O–H groups in total. The van der Waals surface area contributed by atoms with Crippen LogP contribution >= 0.6 is 27.5 Å². The molecule has 5 nitrogen and oxygen atoms in total. The van der Waals surface area contributed by atoms with Crippen molar-refractivity contribution in [2.75, 3.05) is 12.0 Å². The molecule has 3 aromatic rings. The molecule has 0 radical (unpaired) electrons. The summed E-state index contributed by atoms with van der Waals surface area (Å²) in [7, 11) is 1.47. The first-order chi connectivity index (χ1) is 17.3. The number of halogens is 2. The van der Waals surface area contributed by atoms with Crippen molar-refractivity contribution in [2.45, 2.75) is 17.8 Å². The van der Waals surface area contributed by atoms with E-state index >= 15 is 0 Å². The maximum Gasteiger partial charge on any atom is 0.246 e. The lowest BCUT2D eigenvalue weighted by atomic mass is 9.56. The number of fused-ring (bicyclic) bond motifs is 1. The molecule has 2 aliphatic rings. The van der Waals surface area contributed by atoms with Crippen LogP contribution in [0.25, 0.3) is 0 Å². The number of ether oxygens (including phenoxy) is 1. The number of amides is 2. The molecule has 0 saturated carbocycles. The van der Waals surface area contributed by atoms with Crippen molar-refractivity contribution in [3.05, 3.63) is 112 Å². The summed E-state index contributed by atoms with van der Waals surface area (Å²) in [5, 5.41) is 10.9. The van der Waals surface area contributed by atoms with Crippen LogP contribution in [0.5, 0.6) is 11.5 Å². The van der Waals surface area contributed by atoms with E-state index in [-0.39, 0.29) is 23.3 Å². The Kier molecular flexibility index (Phi) is 6.27. The molecule has 1 aliphatic heterocycles. The Balaban J connectivity index is 1.83. The Morgan fingerprint density at radius 2 is 1.89 bits per heavy atom. The number of carbonyl (C=O) groups is 2. The largest absolute Gasteiger partial charge is 0.503 e. The highest BCUT2D eigenvalue weighted by atomic mass is 79.9. The molecule has 1 heterocycles. The first kappa shape index (κ1) is 24.3. The molecule has 3 aromatic carbocycles. The smallest absolute Gasteiger partial charge is 0.246 e. The van der Waals surface area contributed by atoms with Crippen LogP contribution < -0.4 is 9.64 Å². The van der Waals surface area contributed by atoms with Crippen molar-refractivity contribution in [1.29, 1.82) is 0 Å². The lowest BCUT2D eigenvalue weighted by Gasteiger charge is -2.43. The summed E-state index contributed by atoms with van der Waals surface area (Å²) in [6.07, 6.45) is 4.09. The molecule has 3 unspecified atom stereocenters. The molecule has 1 aliphatic carbocycles. The zero-order chi connectivity index (χ0) is 25.6. The fourth-order valence-electron chi connectivity index (χ4n) is 5.67. The van der Waals surface area contributed by atoms with Crippen LogP contribution in [-0.4, -0.2) is 24.0 Å². The van der Waals surface area contributed by atoms with Gasteiger partial charge < -0.3 is 9.84 Å². The van der Waals surface area contributed by atoms with E-state index in [1.807, 2.05) is 36.4 Å². The third kappa shape index (κ3) is 3.51. The molecule has 1 fully saturated rings. The Morgan fingerprint density at radius 1 is 1.14 bits per heavy atom. The number of methoxy groups -OCH3 is 1. The van der Waals surface area contributed by atoms with Crippen LogP contribution in [-0.2, 0) is 15.0 Å². The number of rotatable bonds is 5. The standard InChI is InChI=1S/C29H23BrClNO4/c1-3-17-12-13-22-27(34)32(21-11-7-10-20(31)16-21)28(35)29(22,19-8-5-4-6-9-19)25(17)18-14-23(30)26(33)24(15-18)36-2/h3-12,14-16,22,25,33H,1,13H2,2H3. The molecule has 3 atom stereocenters. The van der Waals surface area contributed by atoms with Crippen molar-refractivity contribution < 1.29 is 19.4 Å². The number of phenols is 1. The molecule has 36 heavy (non-hydrogen) atoms. The van der Waals surface area contributed by atoms with E-state index in [0.29, 0.717) is 27.2 Å². The van der Waals surface area contributed by atoms with Gasteiger partial charge in [0.05, 0.1) is 28.6 Å². The molecule has 0 bridgehead atoms. The van der Waals surface area contributed by atoms with Crippen LogP contribution in [0.15, 0.2) is 95.5 Å². The van der Waals surface area contributed by atoms with E-state index < -0.39 is 17.3 Å². The maximum atomic E-state index is 14.6. The Bertz CT molecular complexity index is 1420. The van der Waals surface area contributed by atoms with E-state index in [1.165, 1.54) is 12.0 Å². The number of carbonyl (C=O) groups excluding carboxylic acids is 2. The maximum absolute atomic E-state index is 14.6. The van der Waals surface area contributed by atoms with Crippen LogP contribution in [0, 0.1) is 5.92 Å². The van der Waals surface area contributed by atoms with Gasteiger partial charge >= 0.3 is 0 Å². The van der Waals surface area contributed by atoms with E-state index in [4.69, 9.17) is 16.3 Å². The topological polar surface area (TPSA) is 66.8 Å². The minimum Gasteiger partial charge on any atom is -0.503 e. The first-order valence-electron chi connectivity index (χ1n) is 11.4. The minimum atomic E-state index is -1.25. The zero-order valence-corrected chi connectivity index (χ0v) is 21.8. The Labute approximate surface area is 222 Å². The summed E-state index contributed by atoms with van der Waals surface area (Å²) in [5.41, 5.74) is 1.46. The van der Waals surface area contributed by atoms with Crippen molar-refractivity contribution in [3.8, 4) is 11.5 Å². The predicted molar refractivity (Wildman–Crippen MR) is 144 cm³/mol. The van der Waals surface area contributed by atoms with Crippen LogP contribution in [0.4, 0.5) is 5.69 Å². The summed E-state index contributed by atoms with van der Waals surface area (Å²) in [6.45, 7) is 4.03. The van der Waals surface area contributed by atoms with E-state index in [9.17, 15) is 14.7 Å². The second-order valence-electron chi connectivity index (χ2n) is 8.88. The average Bonchev–Trinajstić information content (AvgIpc) is 3.12. The van der Waals surface area contributed by atoms with E-state index in [1.54, 1.807) is 42.5 Å². The predicted octanol–water partition coefficient (Wildman–Crippen LogP) is 6.54. The zero-order valence-electron chi connectivity index (χ0n) is 19.4. The van der Waals surface area contributed by atoms with Crippen molar-refractivity contribution in [1.82, 2.24) is 0 Å². The highest BCUT2D eigenvalue weighted by molar-refractivity contribution is 9.10. The number of nitrogens with zero attached hydrogens (tertiary/aromatic N) is 1. The van der Waals surface area contributed by atoms with Gasteiger partial charge in [-0.15, -0.1) is 0 Å². The molecule has 182 valence electrons. The summed E-state index contributed by atoms with van der Waals surface area (Å²) in [4.78, 5) is 29.9. The Morgan fingerprint density at radius 3 is 2.56 bits per heavy atom. The molecule has 5 rings (SSSR count). The van der Waals surface area contributed by atoms with Gasteiger partial charge in [0.15, 0.2) is 11.5 Å². The van der Waals surface area contributed by atoms with Gasteiger partial charge in [-0.1, -0.05) is 66.7 Å². The second kappa shape index (κ2) is 9.26. The molecule has 1 saturated heterocycles. The third-order valence-electron chi connectivity index (χ3n) is 7.16. The highest BCUT2D eigenvalue weighted by Gasteiger charge is 2.65. The molecular formula is C29H23BrClNO4. The summed E-state index contributed by atoms with van der Waals surface area (Å²) in [6, 6.07) is 19.7. The number of hydrogen-bond acceptors (Lipinski definition) is 4. The normalized spacial score (nSPS) is 23.3. The van der Waals surface area contributed by atoms with Gasteiger partial charge in [0, 0.05) is 10.9 Å². The van der Waals surface area contributed by atoms with Crippen LogP contribution in [0.2, 0.25) is 5.02 Å². The minimum absolute atomic E-state index is 0.0408. The molecule has 0 aromatic heterocycles. The first-order valence-corrected chi connectivity index (χ1v) is 12.6. The van der Waals surface area contributed by atoms with E-state index in [2.05, 4.69) is 22.5 Å². The number of benzene rings is 3. The van der Waals surface area contributed by atoms with Crippen LogP contribution in [0.1, 0.15) is 23.5 Å². The summed E-state index contributed by atoms with van der Waals surface area (Å²) in [5.74, 6) is -1.61. The monoisotopic (exact) mass is 563 g/mol. The summed E-state index contributed by atoms with van der Waals surface area (Å²) < 4.78 is 5.85. The average molecular weight is 565 g/mol. The van der Waals surface area contributed by atoms with E-state index in [0.717, 1.165) is 11.1 Å². The number of phenolic OH excluding ortho intramolecular Hbond substituents is 1. The highest BCUT2D eigenvalue weighted by Crippen LogP contribution is 2.59. The number of hydrogen-bond donors (Lipinski definition) is 1. The van der Waals surface area contributed by atoms with Gasteiger partial charge in [-0.05, 0) is 69.4 Å². The number of aromatic hydroxyl groups is 1.